The average molecular weight is 268 g/mol. The maximum atomic E-state index is 6.29. The predicted molar refractivity (Wildman–Crippen MR) is 72.1 cm³/mol. The molecule has 0 aliphatic carbocycles. The molecule has 0 amide bonds. The molecule has 1 aromatic heterocycles. The van der Waals surface area contributed by atoms with Crippen molar-refractivity contribution in [3.05, 3.63) is 50.9 Å². The summed E-state index contributed by atoms with van der Waals surface area (Å²) in [4.78, 5) is 4.26. The maximum absolute atomic E-state index is 6.29. The Kier molecular flexibility index (Phi) is 4.12. The standard InChI is InChI=1S/C12H14ClN3S/c1-8-3-2-4-9(12(8)13)10(16-14)7-11-15-5-6-17-11/h2-6,10,16H,7,14H2,1H3. The Balaban J connectivity index is 2.26. The van der Waals surface area contributed by atoms with Gasteiger partial charge < -0.3 is 0 Å². The van der Waals surface area contributed by atoms with Crippen LogP contribution < -0.4 is 11.3 Å². The van der Waals surface area contributed by atoms with Crippen LogP contribution in [-0.2, 0) is 6.42 Å². The number of nitrogens with two attached hydrogens (primary N) is 1. The van der Waals surface area contributed by atoms with Crippen molar-refractivity contribution in [1.29, 1.82) is 0 Å². The van der Waals surface area contributed by atoms with Crippen LogP contribution in [0.4, 0.5) is 0 Å². The highest BCUT2D eigenvalue weighted by Gasteiger charge is 2.15. The molecule has 3 N–H and O–H groups in total. The molecule has 17 heavy (non-hydrogen) atoms. The lowest BCUT2D eigenvalue weighted by Crippen LogP contribution is -2.29. The van der Waals surface area contributed by atoms with Crippen molar-refractivity contribution >= 4 is 22.9 Å². The van der Waals surface area contributed by atoms with E-state index in [1.54, 1.807) is 17.5 Å². The molecule has 0 saturated carbocycles. The van der Waals surface area contributed by atoms with Crippen molar-refractivity contribution in [2.75, 3.05) is 0 Å². The van der Waals surface area contributed by atoms with Crippen LogP contribution in [0.5, 0.6) is 0 Å². The second kappa shape index (κ2) is 5.60. The summed E-state index contributed by atoms with van der Waals surface area (Å²) in [7, 11) is 0. The second-order valence-corrected chi connectivity index (χ2v) is 5.18. The van der Waals surface area contributed by atoms with E-state index >= 15 is 0 Å². The molecule has 0 fully saturated rings. The molecule has 90 valence electrons. The minimum atomic E-state index is -0.00597. The zero-order valence-electron chi connectivity index (χ0n) is 9.48. The molecular formula is C12H14ClN3S. The van der Waals surface area contributed by atoms with Gasteiger partial charge in [-0.05, 0) is 18.1 Å². The fraction of sp³-hybridized carbons (Fsp3) is 0.250. The Morgan fingerprint density at radius 2 is 2.35 bits per heavy atom. The number of rotatable bonds is 4. The molecule has 2 rings (SSSR count). The van der Waals surface area contributed by atoms with Gasteiger partial charge in [-0.3, -0.25) is 11.3 Å². The van der Waals surface area contributed by atoms with E-state index in [9.17, 15) is 0 Å². The molecule has 0 aliphatic heterocycles. The molecule has 1 heterocycles. The molecule has 0 radical (unpaired) electrons. The molecule has 3 nitrogen and oxygen atoms in total. The Morgan fingerprint density at radius 1 is 1.53 bits per heavy atom. The van der Waals surface area contributed by atoms with Crippen molar-refractivity contribution in [3.63, 3.8) is 0 Å². The summed E-state index contributed by atoms with van der Waals surface area (Å²) >= 11 is 7.92. The number of hydrazine groups is 1. The van der Waals surface area contributed by atoms with Crippen molar-refractivity contribution in [2.24, 2.45) is 5.84 Å². The number of aromatic nitrogens is 1. The monoisotopic (exact) mass is 267 g/mol. The topological polar surface area (TPSA) is 50.9 Å². The van der Waals surface area contributed by atoms with E-state index in [0.29, 0.717) is 0 Å². The fourth-order valence-corrected chi connectivity index (χ4v) is 2.65. The number of aryl methyl sites for hydroxylation is 1. The van der Waals surface area contributed by atoms with Crippen molar-refractivity contribution in [2.45, 2.75) is 19.4 Å². The fourth-order valence-electron chi connectivity index (χ4n) is 1.73. The molecule has 1 atom stereocenters. The summed E-state index contributed by atoms with van der Waals surface area (Å²) in [6.45, 7) is 1.99. The Labute approximate surface area is 110 Å². The van der Waals surface area contributed by atoms with E-state index in [1.165, 1.54) is 0 Å². The Bertz CT molecular complexity index is 485. The van der Waals surface area contributed by atoms with Crippen molar-refractivity contribution in [1.82, 2.24) is 10.4 Å². The SMILES string of the molecule is Cc1cccc(C(Cc2nccs2)NN)c1Cl. The van der Waals surface area contributed by atoms with E-state index in [-0.39, 0.29) is 6.04 Å². The molecular weight excluding hydrogens is 254 g/mol. The predicted octanol–water partition coefficient (Wildman–Crippen LogP) is 2.85. The van der Waals surface area contributed by atoms with Gasteiger partial charge in [0.25, 0.3) is 0 Å². The summed E-state index contributed by atoms with van der Waals surface area (Å²) in [6.07, 6.45) is 2.54. The molecule has 0 bridgehead atoms. The van der Waals surface area contributed by atoms with Gasteiger partial charge in [-0.25, -0.2) is 4.98 Å². The smallest absolute Gasteiger partial charge is 0.0944 e. The highest BCUT2D eigenvalue weighted by atomic mass is 35.5. The number of nitrogens with zero attached hydrogens (tertiary/aromatic N) is 1. The highest BCUT2D eigenvalue weighted by molar-refractivity contribution is 7.09. The van der Waals surface area contributed by atoms with Gasteiger partial charge in [0, 0.05) is 23.0 Å². The van der Waals surface area contributed by atoms with Crippen LogP contribution in [0.15, 0.2) is 29.8 Å². The van der Waals surface area contributed by atoms with E-state index < -0.39 is 0 Å². The largest absolute Gasteiger partial charge is 0.271 e. The summed E-state index contributed by atoms with van der Waals surface area (Å²) < 4.78 is 0. The summed E-state index contributed by atoms with van der Waals surface area (Å²) in [5.74, 6) is 5.61. The molecule has 2 aromatic rings. The first kappa shape index (κ1) is 12.5. The molecule has 5 heteroatoms. The van der Waals surface area contributed by atoms with Gasteiger partial charge in [0.2, 0.25) is 0 Å². The lowest BCUT2D eigenvalue weighted by Gasteiger charge is -2.17. The first-order valence-electron chi connectivity index (χ1n) is 5.32. The van der Waals surface area contributed by atoms with Crippen LogP contribution in [0.3, 0.4) is 0 Å². The number of hydrogen-bond donors (Lipinski definition) is 2. The van der Waals surface area contributed by atoms with E-state index in [0.717, 1.165) is 27.6 Å². The minimum Gasteiger partial charge on any atom is -0.271 e. The van der Waals surface area contributed by atoms with Crippen LogP contribution in [0.1, 0.15) is 22.2 Å². The first-order valence-corrected chi connectivity index (χ1v) is 6.57. The summed E-state index contributed by atoms with van der Waals surface area (Å²) in [5.41, 5.74) is 4.88. The lowest BCUT2D eigenvalue weighted by atomic mass is 10.0. The summed E-state index contributed by atoms with van der Waals surface area (Å²) in [6, 6.07) is 5.97. The number of hydrogen-bond acceptors (Lipinski definition) is 4. The van der Waals surface area contributed by atoms with Crippen LogP contribution in [0.25, 0.3) is 0 Å². The van der Waals surface area contributed by atoms with Gasteiger partial charge >= 0.3 is 0 Å². The Morgan fingerprint density at radius 3 is 3.00 bits per heavy atom. The van der Waals surface area contributed by atoms with Crippen molar-refractivity contribution < 1.29 is 0 Å². The lowest BCUT2D eigenvalue weighted by molar-refractivity contribution is 0.550. The third-order valence-electron chi connectivity index (χ3n) is 2.66. The average Bonchev–Trinajstić information content (AvgIpc) is 2.83. The van der Waals surface area contributed by atoms with E-state index in [2.05, 4.69) is 10.4 Å². The van der Waals surface area contributed by atoms with Crippen LogP contribution in [-0.4, -0.2) is 4.98 Å². The van der Waals surface area contributed by atoms with Crippen LogP contribution >= 0.6 is 22.9 Å². The van der Waals surface area contributed by atoms with Gasteiger partial charge in [0.1, 0.15) is 0 Å². The quantitative estimate of drug-likeness (QED) is 0.662. The van der Waals surface area contributed by atoms with Gasteiger partial charge in [-0.1, -0.05) is 29.8 Å². The van der Waals surface area contributed by atoms with Gasteiger partial charge in [0.15, 0.2) is 0 Å². The maximum Gasteiger partial charge on any atom is 0.0944 e. The number of benzene rings is 1. The molecule has 0 spiro atoms. The zero-order valence-corrected chi connectivity index (χ0v) is 11.1. The Hall–Kier alpha value is -0.940. The van der Waals surface area contributed by atoms with Gasteiger partial charge in [-0.2, -0.15) is 0 Å². The van der Waals surface area contributed by atoms with Gasteiger partial charge in [-0.15, -0.1) is 11.3 Å². The third kappa shape index (κ3) is 2.84. The zero-order chi connectivity index (χ0) is 12.3. The van der Waals surface area contributed by atoms with E-state index in [4.69, 9.17) is 17.4 Å². The van der Waals surface area contributed by atoms with E-state index in [1.807, 2.05) is 30.5 Å². The molecule has 1 aromatic carbocycles. The first-order chi connectivity index (χ1) is 8.22. The van der Waals surface area contributed by atoms with Crippen LogP contribution in [0, 0.1) is 6.92 Å². The number of halogens is 1. The highest BCUT2D eigenvalue weighted by Crippen LogP contribution is 2.28. The number of thiazole rings is 1. The molecule has 0 aliphatic rings. The van der Waals surface area contributed by atoms with Gasteiger partial charge in [0.05, 0.1) is 11.0 Å². The third-order valence-corrected chi connectivity index (χ3v) is 3.98. The minimum absolute atomic E-state index is 0.00597. The second-order valence-electron chi connectivity index (χ2n) is 3.83. The molecule has 1 unspecified atom stereocenters. The van der Waals surface area contributed by atoms with Crippen LogP contribution in [0.2, 0.25) is 5.02 Å². The molecule has 0 saturated heterocycles. The number of nitrogens with one attached hydrogen (secondary N) is 1. The van der Waals surface area contributed by atoms with Crippen molar-refractivity contribution in [3.8, 4) is 0 Å². The summed E-state index contributed by atoms with van der Waals surface area (Å²) in [5, 5.41) is 3.78. The normalized spacial score (nSPS) is 12.6.